The van der Waals surface area contributed by atoms with Gasteiger partial charge in [-0.3, -0.25) is 11.3 Å². The van der Waals surface area contributed by atoms with Crippen molar-refractivity contribution in [3.8, 4) is 0 Å². The first-order valence-electron chi connectivity index (χ1n) is 5.07. The molecule has 0 radical (unpaired) electrons. The third kappa shape index (κ3) is 3.23. The second-order valence-corrected chi connectivity index (χ2v) is 4.85. The molecule has 6 heteroatoms. The van der Waals surface area contributed by atoms with Gasteiger partial charge in [0, 0.05) is 25.5 Å². The van der Waals surface area contributed by atoms with Crippen LogP contribution >= 0.6 is 11.3 Å². The van der Waals surface area contributed by atoms with Crippen LogP contribution < -0.4 is 11.3 Å². The number of nitrogens with one attached hydrogen (secondary N) is 1. The Morgan fingerprint density at radius 1 is 1.38 bits per heavy atom. The molecule has 0 saturated heterocycles. The Morgan fingerprint density at radius 2 is 2.00 bits per heavy atom. The van der Waals surface area contributed by atoms with Crippen LogP contribution in [0.5, 0.6) is 0 Å². The van der Waals surface area contributed by atoms with E-state index in [1.54, 1.807) is 25.6 Å². The molecular formula is C10H19N3O2S. The number of nitrogens with two attached hydrogens (primary N) is 1. The summed E-state index contributed by atoms with van der Waals surface area (Å²) in [5.74, 6) is 5.48. The fourth-order valence-corrected chi connectivity index (χ4v) is 2.47. The van der Waals surface area contributed by atoms with E-state index in [4.69, 9.17) is 15.3 Å². The number of nitrogens with zero attached hydrogens (tertiary/aromatic N) is 1. The number of methoxy groups -OCH3 is 2. The standard InChI is InChI=1S/C10H19N3O2S/c1-6-7(2)16-9(12-6)5-8(13-11)10(14-3)15-4/h8,10,13H,5,11H2,1-4H3. The lowest BCUT2D eigenvalue weighted by Gasteiger charge is -2.22. The largest absolute Gasteiger partial charge is 0.354 e. The van der Waals surface area contributed by atoms with Crippen LogP contribution in [0.25, 0.3) is 0 Å². The van der Waals surface area contributed by atoms with E-state index in [1.807, 2.05) is 6.92 Å². The predicted octanol–water partition coefficient (Wildman–Crippen LogP) is 0.753. The summed E-state index contributed by atoms with van der Waals surface area (Å²) in [6, 6.07) is -0.0973. The Kier molecular flexibility index (Phi) is 5.30. The molecule has 16 heavy (non-hydrogen) atoms. The maximum absolute atomic E-state index is 5.48. The number of thiazole rings is 1. The summed E-state index contributed by atoms with van der Waals surface area (Å²) in [6.07, 6.45) is 0.330. The summed E-state index contributed by atoms with van der Waals surface area (Å²) in [5.41, 5.74) is 3.77. The molecule has 0 bridgehead atoms. The lowest BCUT2D eigenvalue weighted by atomic mass is 10.2. The zero-order chi connectivity index (χ0) is 12.1. The number of rotatable bonds is 6. The van der Waals surface area contributed by atoms with Crippen molar-refractivity contribution in [1.82, 2.24) is 10.4 Å². The van der Waals surface area contributed by atoms with Gasteiger partial charge in [0.05, 0.1) is 16.7 Å². The maximum atomic E-state index is 5.48. The lowest BCUT2D eigenvalue weighted by molar-refractivity contribution is -0.122. The van der Waals surface area contributed by atoms with Crippen LogP contribution in [-0.4, -0.2) is 31.5 Å². The van der Waals surface area contributed by atoms with Gasteiger partial charge >= 0.3 is 0 Å². The fourth-order valence-electron chi connectivity index (χ4n) is 1.47. The first-order valence-corrected chi connectivity index (χ1v) is 5.88. The molecule has 0 saturated carbocycles. The quantitative estimate of drug-likeness (QED) is 0.440. The highest BCUT2D eigenvalue weighted by Crippen LogP contribution is 2.18. The van der Waals surface area contributed by atoms with E-state index in [0.29, 0.717) is 6.42 Å². The van der Waals surface area contributed by atoms with Gasteiger partial charge in [-0.2, -0.15) is 0 Å². The molecule has 5 nitrogen and oxygen atoms in total. The second kappa shape index (κ2) is 6.27. The van der Waals surface area contributed by atoms with Gasteiger partial charge in [-0.15, -0.1) is 11.3 Å². The number of hydrazine groups is 1. The van der Waals surface area contributed by atoms with Crippen molar-refractivity contribution < 1.29 is 9.47 Å². The molecule has 0 aliphatic heterocycles. The van der Waals surface area contributed by atoms with E-state index in [2.05, 4.69) is 17.3 Å². The topological polar surface area (TPSA) is 69.4 Å². The van der Waals surface area contributed by atoms with Crippen molar-refractivity contribution in [3.05, 3.63) is 15.6 Å². The number of aryl methyl sites for hydroxylation is 2. The Hall–Kier alpha value is -0.530. The summed E-state index contributed by atoms with van der Waals surface area (Å²) < 4.78 is 10.3. The summed E-state index contributed by atoms with van der Waals surface area (Å²) in [7, 11) is 3.19. The zero-order valence-corrected chi connectivity index (χ0v) is 10.9. The number of aromatic nitrogens is 1. The average molecular weight is 245 g/mol. The van der Waals surface area contributed by atoms with Crippen LogP contribution in [-0.2, 0) is 15.9 Å². The Bertz CT molecular complexity index is 306. The molecule has 1 heterocycles. The third-order valence-corrected chi connectivity index (χ3v) is 3.57. The van der Waals surface area contributed by atoms with Crippen LogP contribution in [0.3, 0.4) is 0 Å². The molecule has 3 N–H and O–H groups in total. The number of ether oxygens (including phenoxy) is 2. The molecule has 1 rings (SSSR count). The smallest absolute Gasteiger partial charge is 0.173 e. The second-order valence-electron chi connectivity index (χ2n) is 3.57. The van der Waals surface area contributed by atoms with Gasteiger partial charge in [0.2, 0.25) is 0 Å². The van der Waals surface area contributed by atoms with E-state index in [1.165, 1.54) is 4.88 Å². The number of hydrogen-bond acceptors (Lipinski definition) is 6. The Labute approximate surface area is 99.9 Å². The van der Waals surface area contributed by atoms with Crippen molar-refractivity contribution in [2.75, 3.05) is 14.2 Å². The van der Waals surface area contributed by atoms with Gasteiger partial charge in [-0.25, -0.2) is 4.98 Å². The lowest BCUT2D eigenvalue weighted by Crippen LogP contribution is -2.47. The van der Waals surface area contributed by atoms with Gasteiger partial charge in [0.15, 0.2) is 6.29 Å². The predicted molar refractivity (Wildman–Crippen MR) is 64.2 cm³/mol. The monoisotopic (exact) mass is 245 g/mol. The van der Waals surface area contributed by atoms with Crippen molar-refractivity contribution >= 4 is 11.3 Å². The molecule has 0 spiro atoms. The Morgan fingerprint density at radius 3 is 2.38 bits per heavy atom. The minimum absolute atomic E-state index is 0.0973. The molecule has 92 valence electrons. The average Bonchev–Trinajstić information content (AvgIpc) is 2.58. The molecule has 1 atom stereocenters. The minimum Gasteiger partial charge on any atom is -0.354 e. The number of hydrogen-bond donors (Lipinski definition) is 2. The van der Waals surface area contributed by atoms with Gasteiger partial charge in [-0.1, -0.05) is 0 Å². The van der Waals surface area contributed by atoms with E-state index in [0.717, 1.165) is 10.7 Å². The highest BCUT2D eigenvalue weighted by molar-refractivity contribution is 7.11. The van der Waals surface area contributed by atoms with Crippen LogP contribution in [0.1, 0.15) is 15.6 Å². The van der Waals surface area contributed by atoms with E-state index >= 15 is 0 Å². The molecule has 0 aliphatic carbocycles. The van der Waals surface area contributed by atoms with E-state index < -0.39 is 0 Å². The van der Waals surface area contributed by atoms with Crippen molar-refractivity contribution in [2.45, 2.75) is 32.6 Å². The van der Waals surface area contributed by atoms with Crippen LogP contribution in [0.2, 0.25) is 0 Å². The minimum atomic E-state index is -0.366. The molecule has 0 amide bonds. The SMILES string of the molecule is COC(OC)C(Cc1nc(C)c(C)s1)NN. The zero-order valence-electron chi connectivity index (χ0n) is 10.1. The van der Waals surface area contributed by atoms with Gasteiger partial charge < -0.3 is 9.47 Å². The maximum Gasteiger partial charge on any atom is 0.173 e. The molecule has 1 aromatic heterocycles. The third-order valence-electron chi connectivity index (χ3n) is 2.47. The summed E-state index contributed by atoms with van der Waals surface area (Å²) in [5, 5.41) is 1.04. The normalized spacial score (nSPS) is 13.4. The van der Waals surface area contributed by atoms with Gasteiger partial charge in [0.1, 0.15) is 0 Å². The van der Waals surface area contributed by atoms with Crippen LogP contribution in [0, 0.1) is 13.8 Å². The van der Waals surface area contributed by atoms with Crippen LogP contribution in [0.4, 0.5) is 0 Å². The fraction of sp³-hybridized carbons (Fsp3) is 0.700. The molecular weight excluding hydrogens is 226 g/mol. The van der Waals surface area contributed by atoms with Crippen molar-refractivity contribution in [1.29, 1.82) is 0 Å². The van der Waals surface area contributed by atoms with Gasteiger partial charge in [0.25, 0.3) is 0 Å². The molecule has 0 fully saturated rings. The summed E-state index contributed by atoms with van der Waals surface area (Å²) in [6.45, 7) is 4.07. The highest BCUT2D eigenvalue weighted by Gasteiger charge is 2.21. The van der Waals surface area contributed by atoms with E-state index in [9.17, 15) is 0 Å². The molecule has 0 aliphatic rings. The first kappa shape index (κ1) is 13.5. The molecule has 1 aromatic rings. The Balaban J connectivity index is 2.69. The van der Waals surface area contributed by atoms with Crippen molar-refractivity contribution in [3.63, 3.8) is 0 Å². The molecule has 0 aromatic carbocycles. The summed E-state index contributed by atoms with van der Waals surface area (Å²) >= 11 is 1.68. The highest BCUT2D eigenvalue weighted by atomic mass is 32.1. The van der Waals surface area contributed by atoms with Crippen molar-refractivity contribution in [2.24, 2.45) is 5.84 Å². The first-order chi connectivity index (χ1) is 7.62. The summed E-state index contributed by atoms with van der Waals surface area (Å²) in [4.78, 5) is 5.69. The van der Waals surface area contributed by atoms with Crippen LogP contribution in [0.15, 0.2) is 0 Å². The van der Waals surface area contributed by atoms with E-state index in [-0.39, 0.29) is 12.3 Å². The molecule has 1 unspecified atom stereocenters. The van der Waals surface area contributed by atoms with Gasteiger partial charge in [-0.05, 0) is 13.8 Å².